The molecule has 0 fully saturated rings. The monoisotopic (exact) mass is 485 g/mol. The number of benzene rings is 5. The minimum Gasteiger partial charge on any atom is -0.248 e. The summed E-state index contributed by atoms with van der Waals surface area (Å²) >= 11 is 0. The van der Waals surface area contributed by atoms with E-state index in [1.54, 1.807) is 0 Å². The SMILES string of the molecule is c1ccc(-c2cccc(-c3ccc4ccc5c(-c6ccccc6)nc(-c6ccccc6)nc5c4c3)n2)cc1. The van der Waals surface area contributed by atoms with Crippen LogP contribution in [0.5, 0.6) is 0 Å². The molecule has 0 bridgehead atoms. The molecule has 7 rings (SSSR count). The molecule has 2 heterocycles. The summed E-state index contributed by atoms with van der Waals surface area (Å²) in [6.45, 7) is 0. The van der Waals surface area contributed by atoms with Gasteiger partial charge in [-0.3, -0.25) is 0 Å². The van der Waals surface area contributed by atoms with Gasteiger partial charge < -0.3 is 0 Å². The zero-order valence-electron chi connectivity index (χ0n) is 20.6. The van der Waals surface area contributed by atoms with E-state index in [1.165, 1.54) is 0 Å². The van der Waals surface area contributed by atoms with Crippen molar-refractivity contribution in [3.05, 3.63) is 140 Å². The Balaban J connectivity index is 1.47. The number of hydrogen-bond acceptors (Lipinski definition) is 3. The molecule has 38 heavy (non-hydrogen) atoms. The van der Waals surface area contributed by atoms with Gasteiger partial charge in [0.2, 0.25) is 0 Å². The number of rotatable bonds is 4. The molecule has 5 aromatic carbocycles. The summed E-state index contributed by atoms with van der Waals surface area (Å²) in [7, 11) is 0. The fourth-order valence-corrected chi connectivity index (χ4v) is 4.97. The van der Waals surface area contributed by atoms with Crippen molar-refractivity contribution >= 4 is 21.7 Å². The standard InChI is InChI=1S/C35H23N3/c1-4-11-25(12-5-1)31-17-10-18-32(36-31)28-20-19-24-21-22-29-33(26-13-6-2-7-14-26)37-35(27-15-8-3-9-16-27)38-34(29)30(24)23-28/h1-23H. The molecule has 0 N–H and O–H groups in total. The van der Waals surface area contributed by atoms with Crippen LogP contribution in [0.1, 0.15) is 0 Å². The smallest absolute Gasteiger partial charge is 0.160 e. The van der Waals surface area contributed by atoms with Gasteiger partial charge >= 0.3 is 0 Å². The third-order valence-corrected chi connectivity index (χ3v) is 6.88. The van der Waals surface area contributed by atoms with Gasteiger partial charge in [-0.1, -0.05) is 115 Å². The molecule has 0 unspecified atom stereocenters. The highest BCUT2D eigenvalue weighted by molar-refractivity contribution is 6.10. The molecule has 0 aliphatic rings. The second-order valence-corrected chi connectivity index (χ2v) is 9.30. The Morgan fingerprint density at radius 1 is 0.368 bits per heavy atom. The second-order valence-electron chi connectivity index (χ2n) is 9.30. The molecular formula is C35H23N3. The molecule has 3 heteroatoms. The third kappa shape index (κ3) is 4.00. The molecule has 3 nitrogen and oxygen atoms in total. The van der Waals surface area contributed by atoms with Crippen LogP contribution in [0.4, 0.5) is 0 Å². The van der Waals surface area contributed by atoms with E-state index >= 15 is 0 Å². The fourth-order valence-electron chi connectivity index (χ4n) is 4.97. The van der Waals surface area contributed by atoms with Gasteiger partial charge in [0.25, 0.3) is 0 Å². The van der Waals surface area contributed by atoms with E-state index in [-0.39, 0.29) is 0 Å². The maximum Gasteiger partial charge on any atom is 0.160 e. The lowest BCUT2D eigenvalue weighted by atomic mass is 9.98. The predicted octanol–water partition coefficient (Wildman–Crippen LogP) is 8.85. The lowest BCUT2D eigenvalue weighted by Crippen LogP contribution is -1.96. The first-order chi connectivity index (χ1) is 18.8. The first-order valence-electron chi connectivity index (χ1n) is 12.7. The largest absolute Gasteiger partial charge is 0.248 e. The van der Waals surface area contributed by atoms with Crippen LogP contribution >= 0.6 is 0 Å². The first kappa shape index (κ1) is 22.1. The Bertz CT molecular complexity index is 1900. The van der Waals surface area contributed by atoms with E-state index in [4.69, 9.17) is 15.0 Å². The van der Waals surface area contributed by atoms with Crippen LogP contribution in [0.2, 0.25) is 0 Å². The van der Waals surface area contributed by atoms with E-state index in [1.807, 2.05) is 42.5 Å². The summed E-state index contributed by atoms with van der Waals surface area (Å²) in [6, 6.07) is 47.8. The summed E-state index contributed by atoms with van der Waals surface area (Å²) in [5, 5.41) is 3.26. The van der Waals surface area contributed by atoms with Crippen LogP contribution in [0, 0.1) is 0 Å². The van der Waals surface area contributed by atoms with Gasteiger partial charge in [0.1, 0.15) is 0 Å². The third-order valence-electron chi connectivity index (χ3n) is 6.88. The zero-order valence-corrected chi connectivity index (χ0v) is 20.6. The van der Waals surface area contributed by atoms with Crippen LogP contribution in [0.25, 0.3) is 66.8 Å². The lowest BCUT2D eigenvalue weighted by molar-refractivity contribution is 1.23. The molecule has 2 aromatic heterocycles. The van der Waals surface area contributed by atoms with Crippen LogP contribution in [0.3, 0.4) is 0 Å². The summed E-state index contributed by atoms with van der Waals surface area (Å²) in [4.78, 5) is 15.2. The van der Waals surface area contributed by atoms with Gasteiger partial charge in [0.15, 0.2) is 5.82 Å². The molecule has 0 spiro atoms. The Labute approximate surface area is 221 Å². The van der Waals surface area contributed by atoms with E-state index < -0.39 is 0 Å². The van der Waals surface area contributed by atoms with E-state index in [9.17, 15) is 0 Å². The summed E-state index contributed by atoms with van der Waals surface area (Å²) in [5.74, 6) is 0.721. The molecule has 0 aliphatic heterocycles. The van der Waals surface area contributed by atoms with Crippen molar-refractivity contribution in [2.75, 3.05) is 0 Å². The molecule has 0 saturated carbocycles. The van der Waals surface area contributed by atoms with Crippen LogP contribution in [-0.2, 0) is 0 Å². The molecule has 0 radical (unpaired) electrons. The van der Waals surface area contributed by atoms with Gasteiger partial charge in [-0.15, -0.1) is 0 Å². The zero-order chi connectivity index (χ0) is 25.3. The second kappa shape index (κ2) is 9.38. The Hall–Kier alpha value is -5.15. The van der Waals surface area contributed by atoms with Gasteiger partial charge in [0, 0.05) is 33.0 Å². The van der Waals surface area contributed by atoms with Gasteiger partial charge in [-0.25, -0.2) is 15.0 Å². The van der Waals surface area contributed by atoms with E-state index in [0.717, 1.165) is 66.8 Å². The first-order valence-corrected chi connectivity index (χ1v) is 12.7. The average molecular weight is 486 g/mol. The van der Waals surface area contributed by atoms with Gasteiger partial charge in [0.05, 0.1) is 22.6 Å². The number of fused-ring (bicyclic) bond motifs is 3. The molecule has 0 saturated heterocycles. The molecule has 0 amide bonds. The van der Waals surface area contributed by atoms with Crippen molar-refractivity contribution in [1.82, 2.24) is 15.0 Å². The molecule has 178 valence electrons. The number of pyridine rings is 1. The van der Waals surface area contributed by atoms with Crippen molar-refractivity contribution < 1.29 is 0 Å². The highest BCUT2D eigenvalue weighted by Crippen LogP contribution is 2.35. The maximum absolute atomic E-state index is 5.13. The highest BCUT2D eigenvalue weighted by Gasteiger charge is 2.14. The molecule has 0 atom stereocenters. The van der Waals surface area contributed by atoms with Gasteiger partial charge in [-0.2, -0.15) is 0 Å². The molecular weight excluding hydrogens is 462 g/mol. The van der Waals surface area contributed by atoms with Crippen molar-refractivity contribution in [3.8, 4) is 45.2 Å². The Kier molecular flexibility index (Phi) is 5.45. The Morgan fingerprint density at radius 3 is 1.68 bits per heavy atom. The molecule has 0 aliphatic carbocycles. The minimum absolute atomic E-state index is 0.721. The topological polar surface area (TPSA) is 38.7 Å². The fraction of sp³-hybridized carbons (Fsp3) is 0. The lowest BCUT2D eigenvalue weighted by Gasteiger charge is -2.12. The summed E-state index contributed by atoms with van der Waals surface area (Å²) in [6.07, 6.45) is 0. The summed E-state index contributed by atoms with van der Waals surface area (Å²) in [5.41, 5.74) is 8.01. The van der Waals surface area contributed by atoms with Crippen molar-refractivity contribution in [1.29, 1.82) is 0 Å². The quantitative estimate of drug-likeness (QED) is 0.234. The van der Waals surface area contributed by atoms with E-state index in [0.29, 0.717) is 0 Å². The Morgan fingerprint density at radius 2 is 0.974 bits per heavy atom. The van der Waals surface area contributed by atoms with Gasteiger partial charge in [-0.05, 0) is 29.7 Å². The highest BCUT2D eigenvalue weighted by atomic mass is 14.9. The van der Waals surface area contributed by atoms with Crippen molar-refractivity contribution in [2.45, 2.75) is 0 Å². The maximum atomic E-state index is 5.13. The van der Waals surface area contributed by atoms with Crippen molar-refractivity contribution in [2.24, 2.45) is 0 Å². The number of nitrogens with zero attached hydrogens (tertiary/aromatic N) is 3. The van der Waals surface area contributed by atoms with Crippen LogP contribution in [-0.4, -0.2) is 15.0 Å². The number of hydrogen-bond donors (Lipinski definition) is 0. The normalized spacial score (nSPS) is 11.2. The average Bonchev–Trinajstić information content (AvgIpc) is 3.01. The predicted molar refractivity (Wildman–Crippen MR) is 157 cm³/mol. The molecule has 7 aromatic rings. The van der Waals surface area contributed by atoms with Crippen LogP contribution < -0.4 is 0 Å². The summed E-state index contributed by atoms with van der Waals surface area (Å²) < 4.78 is 0. The van der Waals surface area contributed by atoms with Crippen LogP contribution in [0.15, 0.2) is 140 Å². The van der Waals surface area contributed by atoms with E-state index in [2.05, 4.69) is 97.1 Å². The van der Waals surface area contributed by atoms with Crippen molar-refractivity contribution in [3.63, 3.8) is 0 Å². The number of aromatic nitrogens is 3. The minimum atomic E-state index is 0.721.